The first kappa shape index (κ1) is 16.1. The maximum Gasteiger partial charge on any atom is 0.317 e. The third-order valence-corrected chi connectivity index (χ3v) is 4.89. The Morgan fingerprint density at radius 2 is 1.90 bits per heavy atom. The molecule has 120 valence electrons. The van der Waals surface area contributed by atoms with E-state index in [1.807, 2.05) is 14.0 Å². The van der Waals surface area contributed by atoms with Gasteiger partial charge in [-0.25, -0.2) is 4.79 Å². The summed E-state index contributed by atoms with van der Waals surface area (Å²) < 4.78 is 5.49. The largest absolute Gasteiger partial charge is 0.481 e. The number of hydrogen-bond acceptors (Lipinski definition) is 3. The predicted molar refractivity (Wildman–Crippen MR) is 78.1 cm³/mol. The topological polar surface area (TPSA) is 78.9 Å². The highest BCUT2D eigenvalue weighted by atomic mass is 16.5. The van der Waals surface area contributed by atoms with Crippen molar-refractivity contribution >= 4 is 12.0 Å². The van der Waals surface area contributed by atoms with E-state index in [0.29, 0.717) is 19.1 Å². The minimum atomic E-state index is -0.688. The lowest BCUT2D eigenvalue weighted by molar-refractivity contribution is -0.143. The fourth-order valence-electron chi connectivity index (χ4n) is 3.35. The molecule has 0 spiro atoms. The summed E-state index contributed by atoms with van der Waals surface area (Å²) in [5, 5.41) is 12.0. The van der Waals surface area contributed by atoms with Crippen LogP contribution in [0.5, 0.6) is 0 Å². The molecule has 2 N–H and O–H groups in total. The number of likely N-dealkylation sites (N-methyl/N-ethyl adjacent to an activating group) is 1. The molecule has 0 aromatic rings. The molecule has 1 aliphatic heterocycles. The number of rotatable bonds is 4. The molecule has 2 atom stereocenters. The summed E-state index contributed by atoms with van der Waals surface area (Å²) in [5.74, 6) is -0.487. The number of aliphatic carboxylic acids is 1. The number of ether oxygens (including phenoxy) is 1. The van der Waals surface area contributed by atoms with Gasteiger partial charge in [0.15, 0.2) is 0 Å². The number of carboxylic acid groups (broad SMARTS) is 1. The Kier molecular flexibility index (Phi) is 5.45. The SMILES string of the molecule is CC1OCCC1N(C)C(=O)NCC1CCC(C(=O)O)CC1. The van der Waals surface area contributed by atoms with Crippen LogP contribution in [0.3, 0.4) is 0 Å². The summed E-state index contributed by atoms with van der Waals surface area (Å²) in [6, 6.07) is 0.0884. The van der Waals surface area contributed by atoms with Crippen molar-refractivity contribution < 1.29 is 19.4 Å². The van der Waals surface area contributed by atoms with Gasteiger partial charge in [-0.3, -0.25) is 4.79 Å². The van der Waals surface area contributed by atoms with Crippen LogP contribution in [0.1, 0.15) is 39.0 Å². The van der Waals surface area contributed by atoms with Crippen molar-refractivity contribution in [2.75, 3.05) is 20.2 Å². The smallest absolute Gasteiger partial charge is 0.317 e. The van der Waals surface area contributed by atoms with Crippen LogP contribution in [0.4, 0.5) is 4.79 Å². The van der Waals surface area contributed by atoms with Gasteiger partial charge in [-0.1, -0.05) is 0 Å². The second-order valence-electron chi connectivity index (χ2n) is 6.28. The van der Waals surface area contributed by atoms with E-state index in [-0.39, 0.29) is 24.1 Å². The molecule has 1 heterocycles. The molecule has 0 bridgehead atoms. The van der Waals surface area contributed by atoms with E-state index >= 15 is 0 Å². The minimum absolute atomic E-state index is 0.0577. The average molecular weight is 298 g/mol. The van der Waals surface area contributed by atoms with Crippen LogP contribution < -0.4 is 5.32 Å². The summed E-state index contributed by atoms with van der Waals surface area (Å²) in [7, 11) is 1.81. The minimum Gasteiger partial charge on any atom is -0.481 e. The van der Waals surface area contributed by atoms with Gasteiger partial charge in [0.1, 0.15) is 0 Å². The first-order chi connectivity index (χ1) is 9.99. The second-order valence-corrected chi connectivity index (χ2v) is 6.28. The highest BCUT2D eigenvalue weighted by Crippen LogP contribution is 2.28. The number of carbonyl (C=O) groups is 2. The highest BCUT2D eigenvalue weighted by Gasteiger charge is 2.31. The van der Waals surface area contributed by atoms with Crippen LogP contribution in [-0.2, 0) is 9.53 Å². The van der Waals surface area contributed by atoms with Crippen LogP contribution in [0.25, 0.3) is 0 Å². The monoisotopic (exact) mass is 298 g/mol. The Morgan fingerprint density at radius 3 is 2.43 bits per heavy atom. The Balaban J connectivity index is 1.71. The van der Waals surface area contributed by atoms with Crippen molar-refractivity contribution in [1.82, 2.24) is 10.2 Å². The lowest BCUT2D eigenvalue weighted by Crippen LogP contribution is -2.47. The molecule has 1 aliphatic carbocycles. The summed E-state index contributed by atoms with van der Waals surface area (Å²) in [5.41, 5.74) is 0. The van der Waals surface area contributed by atoms with Crippen molar-refractivity contribution in [2.45, 2.75) is 51.2 Å². The summed E-state index contributed by atoms with van der Waals surface area (Å²) in [6.07, 6.45) is 4.17. The Hall–Kier alpha value is -1.30. The molecule has 0 radical (unpaired) electrons. The predicted octanol–water partition coefficient (Wildman–Crippen LogP) is 1.70. The standard InChI is InChI=1S/C15H26N2O4/c1-10-13(7-8-21-10)17(2)15(20)16-9-11-3-5-12(6-4-11)14(18)19/h10-13H,3-9H2,1-2H3,(H,16,20)(H,18,19). The molecule has 21 heavy (non-hydrogen) atoms. The molecule has 2 fully saturated rings. The Labute approximate surface area is 125 Å². The van der Waals surface area contributed by atoms with E-state index in [9.17, 15) is 9.59 Å². The van der Waals surface area contributed by atoms with Crippen LogP contribution in [0.15, 0.2) is 0 Å². The molecule has 2 amide bonds. The van der Waals surface area contributed by atoms with Gasteiger partial charge in [0.2, 0.25) is 0 Å². The third kappa shape index (κ3) is 4.09. The van der Waals surface area contributed by atoms with Gasteiger partial charge in [-0.15, -0.1) is 0 Å². The van der Waals surface area contributed by atoms with Crippen LogP contribution in [0, 0.1) is 11.8 Å². The number of amides is 2. The van der Waals surface area contributed by atoms with E-state index in [2.05, 4.69) is 5.32 Å². The number of nitrogens with one attached hydrogen (secondary N) is 1. The van der Waals surface area contributed by atoms with Crippen molar-refractivity contribution in [3.63, 3.8) is 0 Å². The lowest BCUT2D eigenvalue weighted by Gasteiger charge is -2.29. The number of hydrogen-bond donors (Lipinski definition) is 2. The first-order valence-corrected chi connectivity index (χ1v) is 7.84. The van der Waals surface area contributed by atoms with Crippen LogP contribution in [0.2, 0.25) is 0 Å². The quantitative estimate of drug-likeness (QED) is 0.828. The maximum absolute atomic E-state index is 12.2. The van der Waals surface area contributed by atoms with E-state index in [1.54, 1.807) is 4.90 Å². The van der Waals surface area contributed by atoms with Gasteiger partial charge in [0.25, 0.3) is 0 Å². The average Bonchev–Trinajstić information content (AvgIpc) is 2.90. The number of nitrogens with zero attached hydrogens (tertiary/aromatic N) is 1. The zero-order valence-corrected chi connectivity index (χ0v) is 12.9. The summed E-state index contributed by atoms with van der Waals surface area (Å²) in [4.78, 5) is 24.8. The molecule has 1 saturated heterocycles. The first-order valence-electron chi connectivity index (χ1n) is 7.84. The highest BCUT2D eigenvalue weighted by molar-refractivity contribution is 5.74. The van der Waals surface area contributed by atoms with Crippen molar-refractivity contribution in [1.29, 1.82) is 0 Å². The molecule has 2 aliphatic rings. The number of carboxylic acids is 1. The van der Waals surface area contributed by atoms with Gasteiger partial charge < -0.3 is 20.1 Å². The Bertz CT molecular complexity index is 380. The lowest BCUT2D eigenvalue weighted by atomic mass is 9.82. The molecule has 6 heteroatoms. The summed E-state index contributed by atoms with van der Waals surface area (Å²) >= 11 is 0. The maximum atomic E-state index is 12.2. The van der Waals surface area contributed by atoms with Gasteiger partial charge in [-0.05, 0) is 44.9 Å². The van der Waals surface area contributed by atoms with E-state index in [0.717, 1.165) is 32.1 Å². The van der Waals surface area contributed by atoms with Crippen molar-refractivity contribution in [2.24, 2.45) is 11.8 Å². The second kappa shape index (κ2) is 7.11. The zero-order chi connectivity index (χ0) is 15.4. The van der Waals surface area contributed by atoms with Gasteiger partial charge >= 0.3 is 12.0 Å². The molecule has 1 saturated carbocycles. The Morgan fingerprint density at radius 1 is 1.24 bits per heavy atom. The fraction of sp³-hybridized carbons (Fsp3) is 0.867. The molecular formula is C15H26N2O4. The molecule has 2 unspecified atom stereocenters. The number of urea groups is 1. The van der Waals surface area contributed by atoms with Crippen molar-refractivity contribution in [3.8, 4) is 0 Å². The normalized spacial score (nSPS) is 32.7. The zero-order valence-electron chi connectivity index (χ0n) is 12.9. The number of carbonyl (C=O) groups excluding carboxylic acids is 1. The third-order valence-electron chi connectivity index (χ3n) is 4.89. The molecule has 2 rings (SSSR count). The molecule has 6 nitrogen and oxygen atoms in total. The van der Waals surface area contributed by atoms with Crippen LogP contribution in [-0.4, -0.2) is 54.4 Å². The van der Waals surface area contributed by atoms with E-state index in [4.69, 9.17) is 9.84 Å². The van der Waals surface area contributed by atoms with Crippen LogP contribution >= 0.6 is 0 Å². The molecule has 0 aromatic heterocycles. The molecule has 0 aromatic carbocycles. The van der Waals surface area contributed by atoms with E-state index in [1.165, 1.54) is 0 Å². The van der Waals surface area contributed by atoms with Crippen molar-refractivity contribution in [3.05, 3.63) is 0 Å². The molecular weight excluding hydrogens is 272 g/mol. The van der Waals surface area contributed by atoms with E-state index < -0.39 is 5.97 Å². The van der Waals surface area contributed by atoms with Gasteiger partial charge in [-0.2, -0.15) is 0 Å². The van der Waals surface area contributed by atoms with Gasteiger partial charge in [0, 0.05) is 20.2 Å². The van der Waals surface area contributed by atoms with Gasteiger partial charge in [0.05, 0.1) is 18.1 Å². The summed E-state index contributed by atoms with van der Waals surface area (Å²) in [6.45, 7) is 3.34. The fourth-order valence-corrected chi connectivity index (χ4v) is 3.35.